The number of nitrogens with one attached hydrogen (secondary N) is 1. The van der Waals surface area contributed by atoms with Crippen molar-refractivity contribution in [3.8, 4) is 5.69 Å². The molecule has 1 N–H and O–H groups in total. The van der Waals surface area contributed by atoms with Gasteiger partial charge in [-0.3, -0.25) is 23.5 Å². The number of nitrogens with zero attached hydrogens (tertiary/aromatic N) is 4. The van der Waals surface area contributed by atoms with Crippen molar-refractivity contribution in [1.29, 1.82) is 0 Å². The lowest BCUT2D eigenvalue weighted by Crippen LogP contribution is -2.42. The van der Waals surface area contributed by atoms with Crippen molar-refractivity contribution in [1.82, 2.24) is 13.7 Å². The Morgan fingerprint density at radius 2 is 1.77 bits per heavy atom. The third kappa shape index (κ3) is 4.26. The van der Waals surface area contributed by atoms with Crippen molar-refractivity contribution in [2.75, 3.05) is 30.0 Å². The molecule has 2 aromatic carbocycles. The van der Waals surface area contributed by atoms with E-state index in [9.17, 15) is 23.6 Å². The molecular weight excluding hydrogens is 504 g/mol. The number of hydrogen-bond donors (Lipinski definition) is 1. The first-order valence-corrected chi connectivity index (χ1v) is 12.5. The van der Waals surface area contributed by atoms with Gasteiger partial charge in [0.1, 0.15) is 31.3 Å². The van der Waals surface area contributed by atoms with Crippen LogP contribution in [0.2, 0.25) is 0 Å². The molecule has 3 heterocycles. The molecule has 1 saturated carbocycles. The smallest absolute Gasteiger partial charge is 0.337 e. The van der Waals surface area contributed by atoms with E-state index in [4.69, 9.17) is 12.6 Å². The normalized spacial score (nSPS) is 15.6. The zero-order chi connectivity index (χ0) is 27.4. The highest BCUT2D eigenvalue weighted by Gasteiger charge is 2.31. The fourth-order valence-electron chi connectivity index (χ4n) is 4.92. The van der Waals surface area contributed by atoms with Gasteiger partial charge in [0.05, 0.1) is 23.7 Å². The van der Waals surface area contributed by atoms with Gasteiger partial charge in [0.2, 0.25) is 0 Å². The summed E-state index contributed by atoms with van der Waals surface area (Å²) in [6, 6.07) is 11.7. The largest absolute Gasteiger partial charge is 0.370 e. The molecule has 2 aromatic heterocycles. The van der Waals surface area contributed by atoms with Crippen molar-refractivity contribution < 1.29 is 13.9 Å². The minimum absolute atomic E-state index is 0.0155. The summed E-state index contributed by atoms with van der Waals surface area (Å²) in [6.07, 6.45) is 1.31. The third-order valence-corrected chi connectivity index (χ3v) is 7.01. The average molecular weight is 527 g/mol. The van der Waals surface area contributed by atoms with Crippen molar-refractivity contribution in [2.45, 2.75) is 18.9 Å². The van der Waals surface area contributed by atoms with E-state index in [2.05, 4.69) is 5.32 Å². The number of aromatic nitrogens is 3. The summed E-state index contributed by atoms with van der Waals surface area (Å²) in [5.41, 5.74) is -0.458. The number of aryl methyl sites for hydroxylation is 1. The van der Waals surface area contributed by atoms with Gasteiger partial charge in [-0.25, -0.2) is 13.8 Å². The number of halogens is 1. The summed E-state index contributed by atoms with van der Waals surface area (Å²) in [5, 5.41) is 2.91. The monoisotopic (exact) mass is 527 g/mol. The van der Waals surface area contributed by atoms with Gasteiger partial charge in [0.25, 0.3) is 17.0 Å². The van der Waals surface area contributed by atoms with Crippen LogP contribution < -0.4 is 32.5 Å². The molecule has 1 aliphatic carbocycles. The van der Waals surface area contributed by atoms with Crippen LogP contribution >= 0.6 is 0 Å². The van der Waals surface area contributed by atoms with Crippen molar-refractivity contribution in [3.05, 3.63) is 85.5 Å². The van der Waals surface area contributed by atoms with E-state index in [0.29, 0.717) is 37.4 Å². The van der Waals surface area contributed by atoms with E-state index in [1.54, 1.807) is 29.2 Å². The number of carbonyl (C=O) groups excluding carboxylic acids is 1. The standard InChI is InChI=1S/C27H23BFN5O5/c1-31-22(35)13-21(30-20-8-5-15(28)11-19(20)29)24-25(31)33(27(38)34(26(24)37)16-6-7-16)18-4-2-3-17(12-18)32-9-10-39-14-23(32)36/h2-5,8,11-13,16,30H,6-7,9-10,14H2,1H3. The Labute approximate surface area is 222 Å². The van der Waals surface area contributed by atoms with Crippen LogP contribution in [0.3, 0.4) is 0 Å². The van der Waals surface area contributed by atoms with Crippen molar-refractivity contribution >= 4 is 47.3 Å². The zero-order valence-electron chi connectivity index (χ0n) is 21.0. The predicted octanol–water partition coefficient (Wildman–Crippen LogP) is 1.23. The summed E-state index contributed by atoms with van der Waals surface area (Å²) in [7, 11) is 7.13. The second-order valence-electron chi connectivity index (χ2n) is 9.66. The summed E-state index contributed by atoms with van der Waals surface area (Å²) in [5.74, 6) is -0.884. The minimum Gasteiger partial charge on any atom is -0.370 e. The highest BCUT2D eigenvalue weighted by atomic mass is 19.1. The molecule has 1 amide bonds. The van der Waals surface area contributed by atoms with Gasteiger partial charge < -0.3 is 15.0 Å². The number of carbonyl (C=O) groups is 1. The lowest BCUT2D eigenvalue weighted by Gasteiger charge is -2.27. The summed E-state index contributed by atoms with van der Waals surface area (Å²) in [6.45, 7) is 0.667. The molecule has 2 fully saturated rings. The van der Waals surface area contributed by atoms with Gasteiger partial charge >= 0.3 is 5.69 Å². The van der Waals surface area contributed by atoms with E-state index in [1.807, 2.05) is 0 Å². The van der Waals surface area contributed by atoms with Crippen molar-refractivity contribution in [3.63, 3.8) is 0 Å². The molecule has 2 radical (unpaired) electrons. The number of anilines is 3. The molecule has 1 saturated heterocycles. The van der Waals surface area contributed by atoms with Crippen molar-refractivity contribution in [2.24, 2.45) is 7.05 Å². The van der Waals surface area contributed by atoms with E-state index in [-0.39, 0.29) is 46.4 Å². The number of benzene rings is 2. The maximum atomic E-state index is 14.7. The van der Waals surface area contributed by atoms with E-state index in [1.165, 1.54) is 38.9 Å². The topological polar surface area (TPSA) is 108 Å². The Hall–Kier alpha value is -4.45. The van der Waals surface area contributed by atoms with Crippen LogP contribution in [0, 0.1) is 5.82 Å². The molecular formula is C27H23BFN5O5. The average Bonchev–Trinajstić information content (AvgIpc) is 3.74. The Morgan fingerprint density at radius 1 is 1.00 bits per heavy atom. The Balaban J connectivity index is 1.64. The Kier molecular flexibility index (Phi) is 5.98. The maximum Gasteiger partial charge on any atom is 0.337 e. The molecule has 39 heavy (non-hydrogen) atoms. The van der Waals surface area contributed by atoms with Gasteiger partial charge in [-0.05, 0) is 43.2 Å². The molecule has 1 aliphatic heterocycles. The van der Waals surface area contributed by atoms with Gasteiger partial charge in [0, 0.05) is 31.4 Å². The molecule has 10 nitrogen and oxygen atoms in total. The fraction of sp³-hybridized carbons (Fsp3) is 0.259. The summed E-state index contributed by atoms with van der Waals surface area (Å²) >= 11 is 0. The van der Waals surface area contributed by atoms with Crippen LogP contribution in [-0.4, -0.2) is 47.2 Å². The number of ether oxygens (including phenoxy) is 1. The summed E-state index contributed by atoms with van der Waals surface area (Å²) < 4.78 is 23.6. The molecule has 4 aromatic rings. The summed E-state index contributed by atoms with van der Waals surface area (Å²) in [4.78, 5) is 54.8. The minimum atomic E-state index is -0.664. The zero-order valence-corrected chi connectivity index (χ0v) is 21.0. The van der Waals surface area contributed by atoms with Crippen LogP contribution in [0.5, 0.6) is 0 Å². The molecule has 0 spiro atoms. The van der Waals surface area contributed by atoms with E-state index >= 15 is 0 Å². The Bertz CT molecular complexity index is 1840. The Morgan fingerprint density at radius 3 is 2.49 bits per heavy atom. The van der Waals surface area contributed by atoms with E-state index < -0.39 is 22.6 Å². The maximum absolute atomic E-state index is 14.7. The third-order valence-electron chi connectivity index (χ3n) is 7.01. The molecule has 12 heteroatoms. The van der Waals surface area contributed by atoms with Crippen LogP contribution in [-0.2, 0) is 16.6 Å². The molecule has 196 valence electrons. The van der Waals surface area contributed by atoms with Gasteiger partial charge in [-0.1, -0.05) is 17.6 Å². The predicted molar refractivity (Wildman–Crippen MR) is 146 cm³/mol. The number of hydrogen-bond acceptors (Lipinski definition) is 6. The van der Waals surface area contributed by atoms with Gasteiger partial charge in [0.15, 0.2) is 0 Å². The number of rotatable bonds is 5. The second-order valence-corrected chi connectivity index (χ2v) is 9.66. The number of pyridine rings is 1. The number of amides is 1. The van der Waals surface area contributed by atoms with Crippen LogP contribution in [0.1, 0.15) is 18.9 Å². The number of morpholine rings is 1. The lowest BCUT2D eigenvalue weighted by atomic mass is 9.96. The van der Waals surface area contributed by atoms with Gasteiger partial charge in [-0.15, -0.1) is 0 Å². The van der Waals surface area contributed by atoms with Gasteiger partial charge in [-0.2, -0.15) is 0 Å². The first kappa shape index (κ1) is 24.9. The molecule has 6 rings (SSSR count). The SMILES string of the molecule is [B]c1ccc(Nc2cc(=O)n(C)c3c2c(=O)n(C2CC2)c(=O)n3-c2cccc(N3CCOCC3=O)c2)c(F)c1. The first-order chi connectivity index (χ1) is 18.7. The highest BCUT2D eigenvalue weighted by molar-refractivity contribution is 6.32. The van der Waals surface area contributed by atoms with Crippen LogP contribution in [0.4, 0.5) is 21.5 Å². The van der Waals surface area contributed by atoms with Crippen LogP contribution in [0.25, 0.3) is 16.7 Å². The molecule has 0 unspecified atom stereocenters. The first-order valence-electron chi connectivity index (χ1n) is 12.5. The molecule has 0 atom stereocenters. The molecule has 2 aliphatic rings. The van der Waals surface area contributed by atoms with Crippen LogP contribution in [0.15, 0.2) is 62.9 Å². The van der Waals surface area contributed by atoms with E-state index in [0.717, 1.165) is 6.07 Å². The quantitative estimate of drug-likeness (QED) is 0.392. The number of fused-ring (bicyclic) bond motifs is 1. The highest BCUT2D eigenvalue weighted by Crippen LogP contribution is 2.34. The second kappa shape index (κ2) is 9.39. The fourth-order valence-corrected chi connectivity index (χ4v) is 4.92. The lowest BCUT2D eigenvalue weighted by molar-refractivity contribution is -0.125. The molecule has 0 bridgehead atoms.